The Morgan fingerprint density at radius 3 is 2.68 bits per heavy atom. The highest BCUT2D eigenvalue weighted by molar-refractivity contribution is 5.80. The summed E-state index contributed by atoms with van der Waals surface area (Å²) in [4.78, 5) is 24.0. The van der Waals surface area contributed by atoms with Crippen molar-refractivity contribution < 1.29 is 24.2 Å². The lowest BCUT2D eigenvalue weighted by Crippen LogP contribution is -2.50. The van der Waals surface area contributed by atoms with Crippen molar-refractivity contribution in [1.82, 2.24) is 10.2 Å². The highest BCUT2D eigenvalue weighted by Gasteiger charge is 2.30. The first-order chi connectivity index (χ1) is 9.08. The first-order valence-electron chi connectivity index (χ1n) is 6.37. The van der Waals surface area contributed by atoms with Crippen molar-refractivity contribution in [2.75, 3.05) is 33.9 Å². The zero-order chi connectivity index (χ0) is 14.3. The zero-order valence-electron chi connectivity index (χ0n) is 11.4. The number of nitrogens with zero attached hydrogens (tertiary/aromatic N) is 1. The van der Waals surface area contributed by atoms with E-state index in [9.17, 15) is 9.59 Å². The summed E-state index contributed by atoms with van der Waals surface area (Å²) in [5.74, 6) is -1.04. The minimum absolute atomic E-state index is 0.0121. The Hall–Kier alpha value is -1.34. The molecule has 0 aromatic rings. The van der Waals surface area contributed by atoms with Crippen molar-refractivity contribution in [2.45, 2.75) is 31.4 Å². The number of amides is 2. The van der Waals surface area contributed by atoms with E-state index in [4.69, 9.17) is 14.6 Å². The van der Waals surface area contributed by atoms with Crippen LogP contribution in [0.3, 0.4) is 0 Å². The lowest BCUT2D eigenvalue weighted by molar-refractivity contribution is -0.137. The van der Waals surface area contributed by atoms with Gasteiger partial charge in [-0.15, -0.1) is 0 Å². The van der Waals surface area contributed by atoms with Crippen LogP contribution < -0.4 is 5.32 Å². The molecule has 2 atom stereocenters. The van der Waals surface area contributed by atoms with E-state index < -0.39 is 5.97 Å². The molecule has 110 valence electrons. The largest absolute Gasteiger partial charge is 0.480 e. The average Bonchev–Trinajstić information content (AvgIpc) is 2.81. The van der Waals surface area contributed by atoms with Gasteiger partial charge < -0.3 is 24.8 Å². The topological polar surface area (TPSA) is 88.1 Å². The van der Waals surface area contributed by atoms with Crippen LogP contribution in [0.1, 0.15) is 19.3 Å². The van der Waals surface area contributed by atoms with Crippen molar-refractivity contribution in [1.29, 1.82) is 0 Å². The number of aliphatic carboxylic acids is 1. The van der Waals surface area contributed by atoms with Crippen LogP contribution in [0.4, 0.5) is 4.79 Å². The molecule has 0 aromatic heterocycles. The minimum atomic E-state index is -1.04. The molecule has 0 aromatic carbocycles. The summed E-state index contributed by atoms with van der Waals surface area (Å²) in [6.07, 6.45) is 2.78. The summed E-state index contributed by atoms with van der Waals surface area (Å²) in [6, 6.07) is -0.426. The van der Waals surface area contributed by atoms with E-state index in [0.29, 0.717) is 6.61 Å². The SMILES string of the molecule is COCCN(CC(=O)O)C(=O)NC1CCCC1OC. The van der Waals surface area contributed by atoms with Crippen LogP contribution >= 0.6 is 0 Å². The standard InChI is InChI=1S/C12H22N2O5/c1-18-7-6-14(8-11(15)16)12(17)13-9-4-3-5-10(9)19-2/h9-10H,3-8H2,1-2H3,(H,13,17)(H,15,16). The Balaban J connectivity index is 2.52. The van der Waals surface area contributed by atoms with Crippen molar-refractivity contribution in [3.05, 3.63) is 0 Å². The second-order valence-electron chi connectivity index (χ2n) is 4.57. The molecule has 0 bridgehead atoms. The molecule has 1 aliphatic carbocycles. The van der Waals surface area contributed by atoms with Gasteiger partial charge >= 0.3 is 12.0 Å². The van der Waals surface area contributed by atoms with Gasteiger partial charge in [0.05, 0.1) is 18.8 Å². The Labute approximate surface area is 112 Å². The minimum Gasteiger partial charge on any atom is -0.480 e. The molecule has 2 amide bonds. The molecule has 19 heavy (non-hydrogen) atoms. The third-order valence-corrected chi connectivity index (χ3v) is 3.24. The Bertz CT molecular complexity index is 310. The van der Waals surface area contributed by atoms with E-state index in [-0.39, 0.29) is 31.3 Å². The van der Waals surface area contributed by atoms with Crippen LogP contribution in [0, 0.1) is 0 Å². The van der Waals surface area contributed by atoms with Gasteiger partial charge in [-0.2, -0.15) is 0 Å². The fraction of sp³-hybridized carbons (Fsp3) is 0.833. The van der Waals surface area contributed by atoms with E-state index in [2.05, 4.69) is 5.32 Å². The van der Waals surface area contributed by atoms with Crippen LogP contribution in [0.15, 0.2) is 0 Å². The van der Waals surface area contributed by atoms with Gasteiger partial charge in [0, 0.05) is 20.8 Å². The predicted molar refractivity (Wildman–Crippen MR) is 68.1 cm³/mol. The lowest BCUT2D eigenvalue weighted by atomic mass is 10.2. The lowest BCUT2D eigenvalue weighted by Gasteiger charge is -2.25. The number of hydrogen-bond acceptors (Lipinski definition) is 4. The van der Waals surface area contributed by atoms with Crippen molar-refractivity contribution in [3.63, 3.8) is 0 Å². The normalized spacial score (nSPS) is 22.2. The van der Waals surface area contributed by atoms with Gasteiger partial charge in [0.1, 0.15) is 6.54 Å². The summed E-state index contributed by atoms with van der Waals surface area (Å²) >= 11 is 0. The van der Waals surface area contributed by atoms with Crippen LogP contribution in [-0.2, 0) is 14.3 Å². The molecular weight excluding hydrogens is 252 g/mol. The van der Waals surface area contributed by atoms with Crippen molar-refractivity contribution >= 4 is 12.0 Å². The average molecular weight is 274 g/mol. The summed E-state index contributed by atoms with van der Waals surface area (Å²) in [6.45, 7) is 0.220. The molecule has 1 aliphatic rings. The molecule has 1 fully saturated rings. The zero-order valence-corrected chi connectivity index (χ0v) is 11.4. The van der Waals surface area contributed by atoms with Crippen molar-refractivity contribution in [3.8, 4) is 0 Å². The van der Waals surface area contributed by atoms with Gasteiger partial charge in [0.15, 0.2) is 0 Å². The van der Waals surface area contributed by atoms with Gasteiger partial charge in [-0.25, -0.2) is 4.79 Å². The van der Waals surface area contributed by atoms with E-state index in [0.717, 1.165) is 19.3 Å². The number of urea groups is 1. The Morgan fingerprint density at radius 1 is 1.37 bits per heavy atom. The quantitative estimate of drug-likeness (QED) is 0.697. The highest BCUT2D eigenvalue weighted by atomic mass is 16.5. The summed E-state index contributed by atoms with van der Waals surface area (Å²) in [5.41, 5.74) is 0. The monoisotopic (exact) mass is 274 g/mol. The molecule has 0 saturated heterocycles. The van der Waals surface area contributed by atoms with E-state index >= 15 is 0 Å². The van der Waals surface area contributed by atoms with Gasteiger partial charge in [0.2, 0.25) is 0 Å². The number of ether oxygens (including phenoxy) is 2. The third-order valence-electron chi connectivity index (χ3n) is 3.24. The molecule has 0 radical (unpaired) electrons. The third kappa shape index (κ3) is 5.04. The number of carbonyl (C=O) groups excluding carboxylic acids is 1. The van der Waals surface area contributed by atoms with Crippen LogP contribution in [0.2, 0.25) is 0 Å². The van der Waals surface area contributed by atoms with Gasteiger partial charge in [0.25, 0.3) is 0 Å². The van der Waals surface area contributed by atoms with E-state index in [1.165, 1.54) is 12.0 Å². The highest BCUT2D eigenvalue weighted by Crippen LogP contribution is 2.21. The summed E-state index contributed by atoms with van der Waals surface area (Å²) in [7, 11) is 3.13. The maximum absolute atomic E-state index is 12.0. The van der Waals surface area contributed by atoms with E-state index in [1.54, 1.807) is 7.11 Å². The molecule has 1 rings (SSSR count). The molecule has 0 aliphatic heterocycles. The number of nitrogens with one attached hydrogen (secondary N) is 1. The first-order valence-corrected chi connectivity index (χ1v) is 6.37. The second-order valence-corrected chi connectivity index (χ2v) is 4.57. The van der Waals surface area contributed by atoms with Crippen LogP contribution in [0.25, 0.3) is 0 Å². The molecule has 0 spiro atoms. The number of carboxylic acids is 1. The number of rotatable bonds is 7. The molecule has 7 nitrogen and oxygen atoms in total. The van der Waals surface area contributed by atoms with Crippen LogP contribution in [0.5, 0.6) is 0 Å². The number of hydrogen-bond donors (Lipinski definition) is 2. The smallest absolute Gasteiger partial charge is 0.323 e. The molecule has 0 heterocycles. The van der Waals surface area contributed by atoms with Crippen molar-refractivity contribution in [2.24, 2.45) is 0 Å². The number of carbonyl (C=O) groups is 2. The molecular formula is C12H22N2O5. The maximum atomic E-state index is 12.0. The molecule has 2 unspecified atom stereocenters. The first kappa shape index (κ1) is 15.7. The van der Waals surface area contributed by atoms with E-state index in [1.807, 2.05) is 0 Å². The van der Waals surface area contributed by atoms with Gasteiger partial charge in [-0.3, -0.25) is 4.79 Å². The Morgan fingerprint density at radius 2 is 2.11 bits per heavy atom. The van der Waals surface area contributed by atoms with Crippen LogP contribution in [-0.4, -0.2) is 68.1 Å². The number of methoxy groups -OCH3 is 2. The molecule has 1 saturated carbocycles. The summed E-state index contributed by atoms with van der Waals surface area (Å²) < 4.78 is 10.2. The van der Waals surface area contributed by atoms with Gasteiger partial charge in [-0.05, 0) is 19.3 Å². The molecule has 7 heteroatoms. The fourth-order valence-corrected chi connectivity index (χ4v) is 2.24. The van der Waals surface area contributed by atoms with Gasteiger partial charge in [-0.1, -0.05) is 0 Å². The second kappa shape index (κ2) is 7.96. The Kier molecular flexibility index (Phi) is 6.58. The fourth-order valence-electron chi connectivity index (χ4n) is 2.24. The predicted octanol–water partition coefficient (Wildman–Crippen LogP) is 0.297. The molecule has 2 N–H and O–H groups in total. The summed E-state index contributed by atoms with van der Waals surface area (Å²) in [5, 5.41) is 11.6. The maximum Gasteiger partial charge on any atom is 0.323 e. The number of carboxylic acid groups (broad SMARTS) is 1.